The van der Waals surface area contributed by atoms with Crippen LogP contribution in [-0.4, -0.2) is 5.96 Å². The summed E-state index contributed by atoms with van der Waals surface area (Å²) in [5.41, 5.74) is 12.8. The first-order chi connectivity index (χ1) is 12.0. The predicted octanol–water partition coefficient (Wildman–Crippen LogP) is 5.40. The Morgan fingerprint density at radius 2 is 1.20 bits per heavy atom. The number of para-hydroxylation sites is 1. The summed E-state index contributed by atoms with van der Waals surface area (Å²) >= 11 is 0. The maximum absolute atomic E-state index is 6.43. The number of benzene rings is 3. The van der Waals surface area contributed by atoms with Crippen LogP contribution in [0.5, 0.6) is 0 Å². The van der Waals surface area contributed by atoms with Crippen LogP contribution in [0.25, 0.3) is 0 Å². The topological polar surface area (TPSA) is 41.6 Å². The first-order valence-corrected chi connectivity index (χ1v) is 8.38. The van der Waals surface area contributed by atoms with E-state index in [0.717, 1.165) is 22.6 Å². The van der Waals surface area contributed by atoms with Crippen LogP contribution in [0.2, 0.25) is 0 Å². The summed E-state index contributed by atoms with van der Waals surface area (Å²) in [7, 11) is 0. The second kappa shape index (κ2) is 7.22. The zero-order valence-corrected chi connectivity index (χ0v) is 14.9. The van der Waals surface area contributed by atoms with Gasteiger partial charge in [-0.2, -0.15) is 0 Å². The first kappa shape index (κ1) is 16.8. The van der Waals surface area contributed by atoms with Crippen molar-refractivity contribution >= 4 is 23.0 Å². The number of nitrogens with two attached hydrogens (primary N) is 1. The molecule has 0 saturated heterocycles. The Hall–Kier alpha value is -3.07. The Balaban J connectivity index is 2.08. The highest BCUT2D eigenvalue weighted by Gasteiger charge is 2.14. The molecule has 3 aromatic rings. The molecular weight excluding hydrogens is 306 g/mol. The van der Waals surface area contributed by atoms with E-state index in [0.29, 0.717) is 5.96 Å². The average Bonchev–Trinajstić information content (AvgIpc) is 2.60. The molecule has 0 radical (unpaired) electrons. The normalized spacial score (nSPS) is 11.4. The molecule has 0 saturated carbocycles. The summed E-state index contributed by atoms with van der Waals surface area (Å²) in [6.45, 7) is 6.18. The second-order valence-electron chi connectivity index (χ2n) is 6.26. The van der Waals surface area contributed by atoms with Gasteiger partial charge in [0.15, 0.2) is 0 Å². The van der Waals surface area contributed by atoms with E-state index in [4.69, 9.17) is 5.73 Å². The lowest BCUT2D eigenvalue weighted by atomic mass is 10.1. The summed E-state index contributed by atoms with van der Waals surface area (Å²) < 4.78 is 0. The molecule has 126 valence electrons. The molecule has 0 heterocycles. The summed E-state index contributed by atoms with van der Waals surface area (Å²) in [4.78, 5) is 6.65. The third kappa shape index (κ3) is 3.89. The predicted molar refractivity (Wildman–Crippen MR) is 107 cm³/mol. The fraction of sp³-hybridized carbons (Fsp3) is 0.136. The van der Waals surface area contributed by atoms with E-state index in [1.807, 2.05) is 36.1 Å². The van der Waals surface area contributed by atoms with Gasteiger partial charge in [-0.25, -0.2) is 4.99 Å². The summed E-state index contributed by atoms with van der Waals surface area (Å²) in [5, 5.41) is 0. The Kier molecular flexibility index (Phi) is 4.85. The lowest BCUT2D eigenvalue weighted by Gasteiger charge is -2.24. The van der Waals surface area contributed by atoms with Crippen LogP contribution in [0.4, 0.5) is 17.1 Å². The first-order valence-electron chi connectivity index (χ1n) is 8.38. The number of guanidine groups is 1. The van der Waals surface area contributed by atoms with E-state index in [2.05, 4.69) is 67.4 Å². The van der Waals surface area contributed by atoms with Crippen LogP contribution in [0, 0.1) is 20.8 Å². The molecule has 3 heteroatoms. The van der Waals surface area contributed by atoms with Crippen molar-refractivity contribution in [1.82, 2.24) is 0 Å². The van der Waals surface area contributed by atoms with Gasteiger partial charge in [-0.3, -0.25) is 4.90 Å². The van der Waals surface area contributed by atoms with Crippen molar-refractivity contribution in [3.8, 4) is 0 Å². The van der Waals surface area contributed by atoms with Crippen LogP contribution in [0.3, 0.4) is 0 Å². The minimum Gasteiger partial charge on any atom is -0.369 e. The maximum Gasteiger partial charge on any atom is 0.205 e. The Morgan fingerprint density at radius 3 is 1.68 bits per heavy atom. The number of hydrogen-bond donors (Lipinski definition) is 1. The van der Waals surface area contributed by atoms with Crippen molar-refractivity contribution in [2.24, 2.45) is 10.7 Å². The van der Waals surface area contributed by atoms with E-state index in [1.54, 1.807) is 0 Å². The molecule has 0 aliphatic rings. The molecule has 0 spiro atoms. The lowest BCUT2D eigenvalue weighted by molar-refractivity contribution is 1.26. The van der Waals surface area contributed by atoms with Crippen molar-refractivity contribution in [3.05, 3.63) is 89.5 Å². The van der Waals surface area contributed by atoms with Crippen molar-refractivity contribution in [3.63, 3.8) is 0 Å². The highest BCUT2D eigenvalue weighted by atomic mass is 15.3. The fourth-order valence-electron chi connectivity index (χ4n) is 2.66. The van der Waals surface area contributed by atoms with Crippen LogP contribution >= 0.6 is 0 Å². The van der Waals surface area contributed by atoms with Gasteiger partial charge in [0, 0.05) is 11.4 Å². The molecule has 0 unspecified atom stereocenters. The monoisotopic (exact) mass is 329 g/mol. The number of aliphatic imine (C=N–C) groups is 1. The Bertz CT molecular complexity index is 832. The highest BCUT2D eigenvalue weighted by molar-refractivity contribution is 6.03. The number of rotatable bonds is 3. The quantitative estimate of drug-likeness (QED) is 0.516. The van der Waals surface area contributed by atoms with Gasteiger partial charge in [0.05, 0.1) is 5.69 Å². The van der Waals surface area contributed by atoms with E-state index < -0.39 is 0 Å². The average molecular weight is 329 g/mol. The van der Waals surface area contributed by atoms with Crippen LogP contribution in [0.1, 0.15) is 16.7 Å². The maximum atomic E-state index is 6.43. The van der Waals surface area contributed by atoms with Gasteiger partial charge in [0.25, 0.3) is 0 Å². The smallest absolute Gasteiger partial charge is 0.205 e. The number of nitrogens with zero attached hydrogens (tertiary/aromatic N) is 2. The van der Waals surface area contributed by atoms with Gasteiger partial charge in [-0.1, -0.05) is 53.6 Å². The third-order valence-corrected chi connectivity index (χ3v) is 4.16. The van der Waals surface area contributed by atoms with E-state index in [9.17, 15) is 0 Å². The summed E-state index contributed by atoms with van der Waals surface area (Å²) in [6, 6.07) is 24.6. The molecule has 25 heavy (non-hydrogen) atoms. The molecule has 3 rings (SSSR count). The summed E-state index contributed by atoms with van der Waals surface area (Å²) in [6.07, 6.45) is 0. The molecule has 0 fully saturated rings. The highest BCUT2D eigenvalue weighted by Crippen LogP contribution is 2.27. The van der Waals surface area contributed by atoms with Gasteiger partial charge in [0.1, 0.15) is 0 Å². The number of hydrogen-bond acceptors (Lipinski definition) is 1. The fourth-order valence-corrected chi connectivity index (χ4v) is 2.66. The van der Waals surface area contributed by atoms with Gasteiger partial charge >= 0.3 is 0 Å². The zero-order chi connectivity index (χ0) is 17.8. The van der Waals surface area contributed by atoms with E-state index in [-0.39, 0.29) is 0 Å². The van der Waals surface area contributed by atoms with Gasteiger partial charge < -0.3 is 5.73 Å². The minimum absolute atomic E-state index is 0.446. The van der Waals surface area contributed by atoms with Gasteiger partial charge in [-0.05, 0) is 56.7 Å². The Morgan fingerprint density at radius 1 is 0.720 bits per heavy atom. The summed E-state index contributed by atoms with van der Waals surface area (Å²) in [5.74, 6) is 0.446. The molecule has 2 N–H and O–H groups in total. The molecule has 0 amide bonds. The molecule has 0 aliphatic heterocycles. The van der Waals surface area contributed by atoms with Gasteiger partial charge in [0.2, 0.25) is 5.96 Å². The second-order valence-corrected chi connectivity index (χ2v) is 6.26. The van der Waals surface area contributed by atoms with Crippen molar-refractivity contribution < 1.29 is 0 Å². The zero-order valence-electron chi connectivity index (χ0n) is 14.9. The third-order valence-electron chi connectivity index (χ3n) is 4.16. The molecule has 0 bridgehead atoms. The Labute approximate surface area is 149 Å². The van der Waals surface area contributed by atoms with Crippen LogP contribution in [0.15, 0.2) is 77.8 Å². The standard InChI is InChI=1S/C22H23N3/c1-16-8-12-19(13-9-16)25(20-14-10-17(2)11-15-20)22(23)24-21-7-5-4-6-18(21)3/h4-15H,1-3H3,(H2,23,24). The largest absolute Gasteiger partial charge is 0.369 e. The molecule has 3 aromatic carbocycles. The van der Waals surface area contributed by atoms with Crippen molar-refractivity contribution in [2.45, 2.75) is 20.8 Å². The van der Waals surface area contributed by atoms with E-state index in [1.165, 1.54) is 11.1 Å². The van der Waals surface area contributed by atoms with Crippen LogP contribution in [-0.2, 0) is 0 Å². The molecule has 3 nitrogen and oxygen atoms in total. The number of anilines is 2. The van der Waals surface area contributed by atoms with E-state index >= 15 is 0 Å². The van der Waals surface area contributed by atoms with Crippen molar-refractivity contribution in [1.29, 1.82) is 0 Å². The number of aryl methyl sites for hydroxylation is 3. The van der Waals surface area contributed by atoms with Gasteiger partial charge in [-0.15, -0.1) is 0 Å². The molecule has 0 aliphatic carbocycles. The van der Waals surface area contributed by atoms with Crippen LogP contribution < -0.4 is 10.6 Å². The van der Waals surface area contributed by atoms with Crippen molar-refractivity contribution in [2.75, 3.05) is 4.90 Å². The lowest BCUT2D eigenvalue weighted by Crippen LogP contribution is -2.33. The minimum atomic E-state index is 0.446. The molecule has 0 aromatic heterocycles. The molecular formula is C22H23N3. The SMILES string of the molecule is Cc1ccc(N(C(N)=Nc2ccccc2C)c2ccc(C)cc2)cc1. The molecule has 0 atom stereocenters.